The zero-order valence-corrected chi connectivity index (χ0v) is 21.8. The van der Waals surface area contributed by atoms with Crippen molar-refractivity contribution >= 4 is 28.2 Å². The molecule has 3 N–H and O–H groups in total. The van der Waals surface area contributed by atoms with Gasteiger partial charge in [-0.15, -0.1) is 0 Å². The van der Waals surface area contributed by atoms with Gasteiger partial charge in [0.25, 0.3) is 0 Å². The maximum absolute atomic E-state index is 11.6. The van der Waals surface area contributed by atoms with Crippen molar-refractivity contribution in [2.45, 2.75) is 26.9 Å². The molecule has 1 aromatic carbocycles. The summed E-state index contributed by atoms with van der Waals surface area (Å²) in [6.45, 7) is 9.48. The first-order valence-electron chi connectivity index (χ1n) is 11.9. The largest absolute Gasteiger partial charge is 0.486 e. The summed E-state index contributed by atoms with van der Waals surface area (Å²) in [5, 5.41) is 16.9. The van der Waals surface area contributed by atoms with E-state index in [9.17, 15) is 4.21 Å². The maximum atomic E-state index is 11.6. The molecular weight excluding hydrogens is 474 g/mol. The highest BCUT2D eigenvalue weighted by Crippen LogP contribution is 2.41. The van der Waals surface area contributed by atoms with E-state index in [1.807, 2.05) is 43.3 Å². The second-order valence-corrected chi connectivity index (χ2v) is 11.3. The van der Waals surface area contributed by atoms with Crippen LogP contribution in [0.5, 0.6) is 5.75 Å². The molecule has 2 saturated heterocycles. The first-order chi connectivity index (χ1) is 17.2. The highest BCUT2D eigenvalue weighted by molar-refractivity contribution is 7.81. The van der Waals surface area contributed by atoms with Crippen LogP contribution in [-0.2, 0) is 11.0 Å². The second kappa shape index (κ2) is 9.25. The van der Waals surface area contributed by atoms with E-state index in [2.05, 4.69) is 20.1 Å². The predicted molar refractivity (Wildman–Crippen MR) is 142 cm³/mol. The van der Waals surface area contributed by atoms with E-state index in [0.717, 1.165) is 48.8 Å². The molecule has 2 aliphatic heterocycles. The van der Waals surface area contributed by atoms with E-state index in [-0.39, 0.29) is 11.5 Å². The molecule has 0 bridgehead atoms. The standard InChI is InChI=1S/C26H31N7O2S/c1-16-10-30-31-17(2)24(16)18(3)35-20-6-7-22(27)21(9-20)25(28)19-5-8-23(29-11-19)32-12-26(13-32)14-33(15-26)36(4)34/h5-11,18,28H,12-15,27H2,1-4H3. The zero-order chi connectivity index (χ0) is 25.6. The Morgan fingerprint density at radius 2 is 1.92 bits per heavy atom. The minimum Gasteiger partial charge on any atom is -0.486 e. The first kappa shape index (κ1) is 24.3. The van der Waals surface area contributed by atoms with Crippen LogP contribution in [-0.4, -0.2) is 61.8 Å². The number of benzene rings is 1. The van der Waals surface area contributed by atoms with Crippen molar-refractivity contribution in [3.63, 3.8) is 0 Å². The van der Waals surface area contributed by atoms with Crippen molar-refractivity contribution in [1.29, 1.82) is 5.41 Å². The SMILES string of the molecule is Cc1cnnc(C)c1C(C)Oc1ccc(N)c(C(=N)c2ccc(N3CC4(C3)CN(S(C)=O)C4)nc2)c1. The summed E-state index contributed by atoms with van der Waals surface area (Å²) in [6, 6.07) is 9.25. The third-order valence-electron chi connectivity index (χ3n) is 7.09. The number of pyridine rings is 1. The fourth-order valence-corrected chi connectivity index (χ4v) is 6.11. The number of aryl methyl sites for hydroxylation is 2. The van der Waals surface area contributed by atoms with Crippen molar-refractivity contribution in [3.8, 4) is 5.75 Å². The molecule has 0 radical (unpaired) electrons. The molecule has 5 rings (SSSR count). The van der Waals surface area contributed by atoms with Crippen LogP contribution in [0.15, 0.2) is 42.7 Å². The van der Waals surface area contributed by atoms with Crippen LogP contribution >= 0.6 is 0 Å². The van der Waals surface area contributed by atoms with Gasteiger partial charge in [0, 0.05) is 66.4 Å². The van der Waals surface area contributed by atoms with Crippen LogP contribution in [0.25, 0.3) is 0 Å². The Kier molecular flexibility index (Phi) is 6.25. The van der Waals surface area contributed by atoms with E-state index in [4.69, 9.17) is 15.9 Å². The first-order valence-corrected chi connectivity index (χ1v) is 13.4. The van der Waals surface area contributed by atoms with Gasteiger partial charge in [-0.25, -0.2) is 13.5 Å². The van der Waals surface area contributed by atoms with Crippen molar-refractivity contribution in [3.05, 3.63) is 70.7 Å². The molecule has 0 aliphatic carbocycles. The number of nitrogens with one attached hydrogen (secondary N) is 1. The van der Waals surface area contributed by atoms with Crippen LogP contribution in [0.3, 0.4) is 0 Å². The fourth-order valence-electron chi connectivity index (χ4n) is 5.20. The van der Waals surface area contributed by atoms with Crippen molar-refractivity contribution < 1.29 is 8.95 Å². The Balaban J connectivity index is 1.27. The number of anilines is 2. The van der Waals surface area contributed by atoms with Gasteiger partial charge in [-0.05, 0) is 56.7 Å². The second-order valence-electron chi connectivity index (χ2n) is 9.89. The summed E-state index contributed by atoms with van der Waals surface area (Å²) in [7, 11) is -0.889. The van der Waals surface area contributed by atoms with Gasteiger partial charge in [0.1, 0.15) is 17.7 Å². The van der Waals surface area contributed by atoms with Gasteiger partial charge in [-0.1, -0.05) is 0 Å². The van der Waals surface area contributed by atoms with Crippen molar-refractivity contribution in [1.82, 2.24) is 19.5 Å². The van der Waals surface area contributed by atoms with Crippen LogP contribution in [0.4, 0.5) is 11.5 Å². The summed E-state index contributed by atoms with van der Waals surface area (Å²) in [5.41, 5.74) is 11.4. The smallest absolute Gasteiger partial charge is 0.128 e. The van der Waals surface area contributed by atoms with Gasteiger partial charge in [0.05, 0.1) is 28.6 Å². The quantitative estimate of drug-likeness (QED) is 0.374. The molecule has 2 atom stereocenters. The molecule has 4 heterocycles. The van der Waals surface area contributed by atoms with E-state index in [1.165, 1.54) is 0 Å². The molecule has 0 amide bonds. The van der Waals surface area contributed by atoms with Crippen LogP contribution in [0, 0.1) is 24.7 Å². The number of hydrogen-bond donors (Lipinski definition) is 2. The molecule has 1 spiro atoms. The number of nitrogens with two attached hydrogens (primary N) is 1. The zero-order valence-electron chi connectivity index (χ0n) is 21.0. The lowest BCUT2D eigenvalue weighted by atomic mass is 9.74. The molecule has 188 valence electrons. The Morgan fingerprint density at radius 3 is 2.56 bits per heavy atom. The van der Waals surface area contributed by atoms with E-state index < -0.39 is 11.0 Å². The Hall–Kier alpha value is -3.37. The van der Waals surface area contributed by atoms with Crippen LogP contribution in [0.1, 0.15) is 41.0 Å². The third-order valence-corrected chi connectivity index (χ3v) is 8.07. The lowest BCUT2D eigenvalue weighted by molar-refractivity contribution is 0.0434. The Morgan fingerprint density at radius 1 is 1.17 bits per heavy atom. The van der Waals surface area contributed by atoms with Crippen LogP contribution in [0.2, 0.25) is 0 Å². The van der Waals surface area contributed by atoms with Crippen molar-refractivity contribution in [2.24, 2.45) is 5.41 Å². The molecule has 3 aromatic rings. The number of rotatable bonds is 7. The van der Waals surface area contributed by atoms with E-state index in [1.54, 1.807) is 30.8 Å². The lowest BCUT2D eigenvalue weighted by Gasteiger charge is -2.59. The number of nitrogens with zero attached hydrogens (tertiary/aromatic N) is 5. The number of ether oxygens (including phenoxy) is 1. The Labute approximate surface area is 213 Å². The summed E-state index contributed by atoms with van der Waals surface area (Å²) in [5.74, 6) is 1.52. The highest BCUT2D eigenvalue weighted by Gasteiger charge is 2.53. The fraction of sp³-hybridized carbons (Fsp3) is 0.385. The predicted octanol–water partition coefficient (Wildman–Crippen LogP) is 3.04. The summed E-state index contributed by atoms with van der Waals surface area (Å²) < 4.78 is 19.8. The molecular formula is C26H31N7O2S. The highest BCUT2D eigenvalue weighted by atomic mass is 32.2. The normalized spacial score (nSPS) is 18.3. The van der Waals surface area contributed by atoms with E-state index in [0.29, 0.717) is 28.3 Å². The van der Waals surface area contributed by atoms with Gasteiger partial charge < -0.3 is 15.4 Å². The summed E-state index contributed by atoms with van der Waals surface area (Å²) in [6.07, 6.45) is 4.96. The van der Waals surface area contributed by atoms with Gasteiger partial charge in [-0.3, -0.25) is 5.41 Å². The van der Waals surface area contributed by atoms with Gasteiger partial charge in [0.2, 0.25) is 0 Å². The number of hydrogen-bond acceptors (Lipinski definition) is 8. The average molecular weight is 506 g/mol. The molecule has 2 aliphatic rings. The number of aromatic nitrogens is 3. The molecule has 0 saturated carbocycles. The topological polar surface area (TPSA) is 121 Å². The minimum atomic E-state index is -0.889. The van der Waals surface area contributed by atoms with Gasteiger partial charge in [0.15, 0.2) is 0 Å². The monoisotopic (exact) mass is 505 g/mol. The molecule has 10 heteroatoms. The van der Waals surface area contributed by atoms with Crippen molar-refractivity contribution in [2.75, 3.05) is 43.1 Å². The minimum absolute atomic E-state index is 0.230. The Bertz CT molecular complexity index is 1310. The molecule has 2 aromatic heterocycles. The summed E-state index contributed by atoms with van der Waals surface area (Å²) >= 11 is 0. The third kappa shape index (κ3) is 4.46. The molecule has 36 heavy (non-hydrogen) atoms. The van der Waals surface area contributed by atoms with Gasteiger partial charge >= 0.3 is 0 Å². The maximum Gasteiger partial charge on any atom is 0.128 e. The molecule has 2 unspecified atom stereocenters. The molecule has 2 fully saturated rings. The van der Waals surface area contributed by atoms with Gasteiger partial charge in [-0.2, -0.15) is 10.2 Å². The number of nitrogen functional groups attached to an aromatic ring is 1. The average Bonchev–Trinajstić information content (AvgIpc) is 2.78. The summed E-state index contributed by atoms with van der Waals surface area (Å²) in [4.78, 5) is 6.84. The molecule has 9 nitrogen and oxygen atoms in total. The lowest BCUT2D eigenvalue weighted by Crippen LogP contribution is -2.72. The van der Waals surface area contributed by atoms with Crippen LogP contribution < -0.4 is 15.4 Å². The van der Waals surface area contributed by atoms with E-state index >= 15 is 0 Å².